The third kappa shape index (κ3) is 2.59. The Morgan fingerprint density at radius 2 is 2.18 bits per heavy atom. The fraction of sp³-hybridized carbons (Fsp3) is 0.571. The van der Waals surface area contributed by atoms with Crippen LogP contribution in [-0.2, 0) is 6.54 Å². The van der Waals surface area contributed by atoms with Crippen molar-refractivity contribution >= 4 is 0 Å². The first kappa shape index (κ1) is 8.07. The summed E-state index contributed by atoms with van der Waals surface area (Å²) in [5.74, 6) is 0.697. The van der Waals surface area contributed by atoms with Crippen molar-refractivity contribution in [3.05, 3.63) is 22.2 Å². The zero-order valence-corrected chi connectivity index (χ0v) is 7.05. The van der Waals surface area contributed by atoms with Crippen molar-refractivity contribution in [2.24, 2.45) is 0 Å². The lowest BCUT2D eigenvalue weighted by atomic mass is 10.4. The minimum Gasteiger partial charge on any atom is -0.377 e. The van der Waals surface area contributed by atoms with E-state index in [0.717, 1.165) is 11.0 Å². The predicted molar refractivity (Wildman–Crippen MR) is 41.1 cm³/mol. The van der Waals surface area contributed by atoms with Gasteiger partial charge in [-0.15, -0.1) is 0 Å². The molecule has 0 atom stereocenters. The summed E-state index contributed by atoms with van der Waals surface area (Å²) in [5.41, 5.74) is -0.173. The molecule has 0 aromatic carbocycles. The average Bonchev–Trinajstić information content (AvgIpc) is 2.10. The van der Waals surface area contributed by atoms with Gasteiger partial charge in [0.25, 0.3) is 5.56 Å². The van der Waals surface area contributed by atoms with Gasteiger partial charge in [-0.1, -0.05) is 0 Å². The van der Waals surface area contributed by atoms with Crippen LogP contribution in [0.15, 0.2) is 15.4 Å². The zero-order valence-electron chi connectivity index (χ0n) is 7.05. The maximum atomic E-state index is 10.6. The predicted octanol–water partition coefficient (Wildman–Crippen LogP) is 0.174. The van der Waals surface area contributed by atoms with Gasteiger partial charge in [0.15, 0.2) is 5.76 Å². The summed E-state index contributed by atoms with van der Waals surface area (Å²) in [5, 5.41) is 2.25. The monoisotopic (exact) mass is 157 g/mol. The van der Waals surface area contributed by atoms with Crippen LogP contribution in [-0.4, -0.2) is 30.8 Å². The van der Waals surface area contributed by atoms with Crippen molar-refractivity contribution in [2.75, 3.05) is 21.1 Å². The van der Waals surface area contributed by atoms with Crippen LogP contribution in [0.4, 0.5) is 0 Å². The summed E-state index contributed by atoms with van der Waals surface area (Å²) in [6, 6.07) is 1.48. The number of aromatic nitrogens is 1. The number of aromatic amines is 1. The Kier molecular flexibility index (Phi) is 1.87. The standard InChI is InChI=1S/C7H12N2O2/c1-9(2,3)5-6-4-7(10)8-11-6/h4H,5H2,1-3H3/p+1. The quantitative estimate of drug-likeness (QED) is 0.622. The zero-order chi connectivity index (χ0) is 8.48. The Labute approximate surface area is 65.0 Å². The van der Waals surface area contributed by atoms with Gasteiger partial charge in [-0.05, 0) is 0 Å². The number of hydrogen-bond donors (Lipinski definition) is 1. The lowest BCUT2D eigenvalue weighted by molar-refractivity contribution is -0.885. The highest BCUT2D eigenvalue weighted by atomic mass is 16.5. The molecule has 1 aromatic rings. The summed E-state index contributed by atoms with van der Waals surface area (Å²) in [7, 11) is 6.10. The van der Waals surface area contributed by atoms with Gasteiger partial charge >= 0.3 is 0 Å². The first-order valence-electron chi connectivity index (χ1n) is 3.45. The van der Waals surface area contributed by atoms with Gasteiger partial charge in [0.2, 0.25) is 0 Å². The van der Waals surface area contributed by atoms with Gasteiger partial charge in [-0.2, -0.15) is 5.16 Å². The molecule has 1 rings (SSSR count). The third-order valence-corrected chi connectivity index (χ3v) is 1.20. The van der Waals surface area contributed by atoms with Crippen LogP contribution < -0.4 is 5.56 Å². The molecular weight excluding hydrogens is 144 g/mol. The van der Waals surface area contributed by atoms with E-state index in [1.54, 1.807) is 0 Å². The lowest BCUT2D eigenvalue weighted by Gasteiger charge is -2.21. The van der Waals surface area contributed by atoms with E-state index >= 15 is 0 Å². The Bertz CT molecular complexity index is 279. The molecule has 0 aliphatic heterocycles. The first-order chi connectivity index (χ1) is 4.97. The van der Waals surface area contributed by atoms with Crippen molar-refractivity contribution in [2.45, 2.75) is 6.54 Å². The molecule has 0 amide bonds. The van der Waals surface area contributed by atoms with Crippen LogP contribution >= 0.6 is 0 Å². The molecule has 1 heterocycles. The topological polar surface area (TPSA) is 46.0 Å². The van der Waals surface area contributed by atoms with E-state index in [2.05, 4.69) is 5.16 Å². The summed E-state index contributed by atoms with van der Waals surface area (Å²) in [6.07, 6.45) is 0. The minimum absolute atomic E-state index is 0.173. The molecule has 0 unspecified atom stereocenters. The average molecular weight is 157 g/mol. The third-order valence-electron chi connectivity index (χ3n) is 1.20. The van der Waals surface area contributed by atoms with Crippen molar-refractivity contribution < 1.29 is 9.01 Å². The summed E-state index contributed by atoms with van der Waals surface area (Å²) >= 11 is 0. The van der Waals surface area contributed by atoms with Crippen molar-refractivity contribution in [1.29, 1.82) is 0 Å². The van der Waals surface area contributed by atoms with Gasteiger partial charge in [0, 0.05) is 0 Å². The van der Waals surface area contributed by atoms with E-state index in [4.69, 9.17) is 4.52 Å². The van der Waals surface area contributed by atoms with Crippen LogP contribution in [0, 0.1) is 0 Å². The molecule has 0 saturated carbocycles. The smallest absolute Gasteiger partial charge is 0.280 e. The van der Waals surface area contributed by atoms with Crippen LogP contribution in [0.1, 0.15) is 5.76 Å². The Balaban J connectivity index is 2.73. The van der Waals surface area contributed by atoms with E-state index < -0.39 is 0 Å². The molecule has 0 saturated heterocycles. The van der Waals surface area contributed by atoms with Crippen LogP contribution in [0.3, 0.4) is 0 Å². The van der Waals surface area contributed by atoms with E-state index in [9.17, 15) is 4.79 Å². The molecule has 0 bridgehead atoms. The van der Waals surface area contributed by atoms with Gasteiger partial charge in [0.05, 0.1) is 27.2 Å². The van der Waals surface area contributed by atoms with Crippen LogP contribution in [0.5, 0.6) is 0 Å². The highest BCUT2D eigenvalue weighted by Gasteiger charge is 2.11. The summed E-state index contributed by atoms with van der Waals surface area (Å²) in [6.45, 7) is 0.721. The number of nitrogens with one attached hydrogen (secondary N) is 1. The molecular formula is C7H13N2O2+. The van der Waals surface area contributed by atoms with Crippen LogP contribution in [0.2, 0.25) is 0 Å². The van der Waals surface area contributed by atoms with Gasteiger partial charge in [0.1, 0.15) is 6.54 Å². The van der Waals surface area contributed by atoms with E-state index in [1.165, 1.54) is 6.07 Å². The van der Waals surface area contributed by atoms with Gasteiger partial charge < -0.3 is 9.01 Å². The Morgan fingerprint density at radius 3 is 2.55 bits per heavy atom. The molecule has 1 aromatic heterocycles. The number of quaternary nitrogens is 1. The second kappa shape index (κ2) is 2.54. The van der Waals surface area contributed by atoms with Crippen molar-refractivity contribution in [3.63, 3.8) is 0 Å². The Morgan fingerprint density at radius 1 is 1.55 bits per heavy atom. The first-order valence-corrected chi connectivity index (χ1v) is 3.45. The molecule has 0 radical (unpaired) electrons. The van der Waals surface area contributed by atoms with Gasteiger partial charge in [-0.25, -0.2) is 0 Å². The molecule has 0 aliphatic carbocycles. The number of rotatable bonds is 2. The molecule has 62 valence electrons. The normalized spacial score (nSPS) is 11.9. The second-order valence-corrected chi connectivity index (χ2v) is 3.63. The second-order valence-electron chi connectivity index (χ2n) is 3.63. The fourth-order valence-corrected chi connectivity index (χ4v) is 0.866. The van der Waals surface area contributed by atoms with E-state index in [-0.39, 0.29) is 5.56 Å². The minimum atomic E-state index is -0.173. The Hall–Kier alpha value is -1.03. The number of hydrogen-bond acceptors (Lipinski definition) is 2. The lowest BCUT2D eigenvalue weighted by Crippen LogP contribution is -2.33. The summed E-state index contributed by atoms with van der Waals surface area (Å²) < 4.78 is 5.64. The van der Waals surface area contributed by atoms with Crippen molar-refractivity contribution in [1.82, 2.24) is 5.16 Å². The molecule has 0 fully saturated rings. The molecule has 0 spiro atoms. The fourth-order valence-electron chi connectivity index (χ4n) is 0.866. The molecule has 0 aliphatic rings. The van der Waals surface area contributed by atoms with Crippen LogP contribution in [0.25, 0.3) is 0 Å². The molecule has 4 nitrogen and oxygen atoms in total. The SMILES string of the molecule is C[N+](C)(C)Cc1cc(=O)[nH]o1. The number of H-pyrrole nitrogens is 1. The van der Waals surface area contributed by atoms with Crippen molar-refractivity contribution in [3.8, 4) is 0 Å². The molecule has 1 N–H and O–H groups in total. The summed E-state index contributed by atoms with van der Waals surface area (Å²) in [4.78, 5) is 10.6. The highest BCUT2D eigenvalue weighted by Crippen LogP contribution is 2.01. The maximum Gasteiger partial charge on any atom is 0.280 e. The highest BCUT2D eigenvalue weighted by molar-refractivity contribution is 4.90. The number of nitrogens with zero attached hydrogens (tertiary/aromatic N) is 1. The largest absolute Gasteiger partial charge is 0.377 e. The molecule has 4 heteroatoms. The van der Waals surface area contributed by atoms with E-state index in [0.29, 0.717) is 5.76 Å². The van der Waals surface area contributed by atoms with Gasteiger partial charge in [-0.3, -0.25) is 4.79 Å². The maximum absolute atomic E-state index is 10.6. The van der Waals surface area contributed by atoms with E-state index in [1.807, 2.05) is 21.1 Å². The molecule has 11 heavy (non-hydrogen) atoms.